The van der Waals surface area contributed by atoms with Crippen LogP contribution in [0, 0.1) is 0 Å². The van der Waals surface area contributed by atoms with Crippen molar-refractivity contribution in [1.82, 2.24) is 10.2 Å². The first-order valence-corrected chi connectivity index (χ1v) is 5.17. The third kappa shape index (κ3) is 4.07. The zero-order valence-electron chi connectivity index (χ0n) is 9.34. The average molecular weight is 199 g/mol. The summed E-state index contributed by atoms with van der Waals surface area (Å²) in [5, 5.41) is 2.89. The summed E-state index contributed by atoms with van der Waals surface area (Å²) >= 11 is 0. The van der Waals surface area contributed by atoms with Gasteiger partial charge >= 0.3 is 0 Å². The van der Waals surface area contributed by atoms with Crippen molar-refractivity contribution in [2.75, 3.05) is 19.6 Å². The summed E-state index contributed by atoms with van der Waals surface area (Å²) in [6, 6.07) is 0.261. The maximum atomic E-state index is 11.2. The third-order valence-electron chi connectivity index (χ3n) is 2.38. The van der Waals surface area contributed by atoms with E-state index in [0.29, 0.717) is 6.54 Å². The van der Waals surface area contributed by atoms with Gasteiger partial charge in [-0.25, -0.2) is 0 Å². The third-order valence-corrected chi connectivity index (χ3v) is 2.38. The molecule has 1 heterocycles. The molecule has 1 aliphatic heterocycles. The van der Waals surface area contributed by atoms with Crippen LogP contribution in [0.5, 0.6) is 0 Å². The largest absolute Gasteiger partial charge is 0.351 e. The van der Waals surface area contributed by atoms with Gasteiger partial charge in [0.25, 0.3) is 0 Å². The van der Waals surface area contributed by atoms with Gasteiger partial charge in [0.1, 0.15) is 0 Å². The van der Waals surface area contributed by atoms with Crippen LogP contribution >= 0.6 is 0 Å². The van der Waals surface area contributed by atoms with Crippen LogP contribution in [0.3, 0.4) is 0 Å². The molecule has 4 heteroatoms. The summed E-state index contributed by atoms with van der Waals surface area (Å²) in [6.07, 6.45) is 0.924. The van der Waals surface area contributed by atoms with Gasteiger partial charge in [0.2, 0.25) is 5.91 Å². The number of carbonyl (C=O) groups excluding carboxylic acids is 1. The molecule has 1 atom stereocenters. The number of piperazine rings is 1. The number of carbonyl (C=O) groups is 1. The minimum absolute atomic E-state index is 0.124. The van der Waals surface area contributed by atoms with Gasteiger partial charge in [-0.3, -0.25) is 9.69 Å². The summed E-state index contributed by atoms with van der Waals surface area (Å²) in [7, 11) is 0. The Hall–Kier alpha value is -0.610. The average Bonchev–Trinajstić information content (AvgIpc) is 1.97. The molecule has 0 aliphatic carbocycles. The van der Waals surface area contributed by atoms with Gasteiger partial charge in [-0.05, 0) is 27.2 Å². The Balaban J connectivity index is 2.34. The molecule has 0 saturated carbocycles. The fourth-order valence-electron chi connectivity index (χ4n) is 1.64. The maximum Gasteiger partial charge on any atom is 0.234 e. The van der Waals surface area contributed by atoms with E-state index in [1.807, 2.05) is 20.8 Å². The zero-order valence-corrected chi connectivity index (χ0v) is 9.34. The Kier molecular flexibility index (Phi) is 3.50. The first-order valence-electron chi connectivity index (χ1n) is 5.17. The molecular weight excluding hydrogens is 178 g/mol. The Bertz CT molecular complexity index is 210. The van der Waals surface area contributed by atoms with Crippen molar-refractivity contribution in [2.45, 2.75) is 38.8 Å². The lowest BCUT2D eigenvalue weighted by atomic mass is 10.0. The van der Waals surface area contributed by atoms with Crippen LogP contribution < -0.4 is 11.1 Å². The van der Waals surface area contributed by atoms with Crippen LogP contribution in [0.2, 0.25) is 0 Å². The first kappa shape index (κ1) is 11.5. The van der Waals surface area contributed by atoms with E-state index in [1.165, 1.54) is 0 Å². The van der Waals surface area contributed by atoms with Crippen molar-refractivity contribution in [3.8, 4) is 0 Å². The molecule has 3 N–H and O–H groups in total. The van der Waals surface area contributed by atoms with Gasteiger partial charge in [-0.1, -0.05) is 0 Å². The Morgan fingerprint density at radius 1 is 1.64 bits per heavy atom. The number of nitrogens with one attached hydrogen (secondary N) is 1. The molecule has 0 spiro atoms. The second-order valence-corrected chi connectivity index (χ2v) is 4.94. The van der Waals surface area contributed by atoms with Gasteiger partial charge in [0, 0.05) is 24.7 Å². The van der Waals surface area contributed by atoms with E-state index in [1.54, 1.807) is 0 Å². The molecule has 0 bridgehead atoms. The fraction of sp³-hybridized carbons (Fsp3) is 0.900. The summed E-state index contributed by atoms with van der Waals surface area (Å²) < 4.78 is 0. The maximum absolute atomic E-state index is 11.2. The van der Waals surface area contributed by atoms with Crippen LogP contribution in [0.15, 0.2) is 0 Å². The quantitative estimate of drug-likeness (QED) is 0.669. The van der Waals surface area contributed by atoms with Gasteiger partial charge in [-0.15, -0.1) is 0 Å². The Labute approximate surface area is 85.8 Å². The van der Waals surface area contributed by atoms with E-state index in [-0.39, 0.29) is 17.5 Å². The molecule has 1 unspecified atom stereocenters. The molecule has 1 aliphatic rings. The van der Waals surface area contributed by atoms with Crippen LogP contribution in [0.25, 0.3) is 0 Å². The highest BCUT2D eigenvalue weighted by atomic mass is 16.2. The molecule has 1 fully saturated rings. The van der Waals surface area contributed by atoms with Gasteiger partial charge in [-0.2, -0.15) is 0 Å². The van der Waals surface area contributed by atoms with Crippen molar-refractivity contribution in [1.29, 1.82) is 0 Å². The number of nitrogens with zero attached hydrogens (tertiary/aromatic N) is 1. The molecule has 4 nitrogen and oxygen atoms in total. The Morgan fingerprint density at radius 3 is 2.79 bits per heavy atom. The smallest absolute Gasteiger partial charge is 0.234 e. The van der Waals surface area contributed by atoms with Crippen LogP contribution in [0.1, 0.15) is 27.2 Å². The predicted molar refractivity (Wildman–Crippen MR) is 56.9 cm³/mol. The standard InChI is InChI=1S/C10H21N3O/c1-8-6-13(7-9(14)12-8)5-4-10(2,3)11/h8H,4-7,11H2,1-3H3,(H,12,14). The van der Waals surface area contributed by atoms with Gasteiger partial charge < -0.3 is 11.1 Å². The molecular formula is C10H21N3O. The fourth-order valence-corrected chi connectivity index (χ4v) is 1.64. The molecule has 0 radical (unpaired) electrons. The number of nitrogens with two attached hydrogens (primary N) is 1. The Morgan fingerprint density at radius 2 is 2.29 bits per heavy atom. The van der Waals surface area contributed by atoms with Crippen molar-refractivity contribution in [3.05, 3.63) is 0 Å². The summed E-state index contributed by atoms with van der Waals surface area (Å²) in [4.78, 5) is 13.4. The lowest BCUT2D eigenvalue weighted by molar-refractivity contribution is -0.125. The molecule has 0 aromatic carbocycles. The molecule has 0 aromatic heterocycles. The second kappa shape index (κ2) is 4.28. The summed E-state index contributed by atoms with van der Waals surface area (Å²) in [5.41, 5.74) is 5.75. The van der Waals surface area contributed by atoms with Crippen molar-refractivity contribution in [2.24, 2.45) is 5.73 Å². The summed E-state index contributed by atoms with van der Waals surface area (Å²) in [5.74, 6) is 0.124. The summed E-state index contributed by atoms with van der Waals surface area (Å²) in [6.45, 7) is 8.40. The number of amides is 1. The van der Waals surface area contributed by atoms with E-state index in [9.17, 15) is 4.79 Å². The molecule has 1 rings (SSSR count). The normalized spacial score (nSPS) is 24.9. The zero-order chi connectivity index (χ0) is 10.8. The van der Waals surface area contributed by atoms with Crippen LogP contribution in [-0.2, 0) is 4.79 Å². The van der Waals surface area contributed by atoms with E-state index in [2.05, 4.69) is 10.2 Å². The lowest BCUT2D eigenvalue weighted by Crippen LogP contribution is -2.53. The molecule has 1 saturated heterocycles. The van der Waals surface area contributed by atoms with E-state index in [0.717, 1.165) is 19.5 Å². The SMILES string of the molecule is CC1CN(CCC(C)(C)N)CC(=O)N1. The molecule has 14 heavy (non-hydrogen) atoms. The van der Waals surface area contributed by atoms with Crippen molar-refractivity contribution < 1.29 is 4.79 Å². The minimum Gasteiger partial charge on any atom is -0.351 e. The first-order chi connectivity index (χ1) is 6.37. The van der Waals surface area contributed by atoms with Crippen LogP contribution in [0.4, 0.5) is 0 Å². The number of hydrogen-bond acceptors (Lipinski definition) is 3. The van der Waals surface area contributed by atoms with E-state index in [4.69, 9.17) is 5.73 Å². The highest BCUT2D eigenvalue weighted by Crippen LogP contribution is 2.07. The molecule has 1 amide bonds. The monoisotopic (exact) mass is 199 g/mol. The predicted octanol–water partition coefficient (Wildman–Crippen LogP) is -0.0659. The van der Waals surface area contributed by atoms with E-state index < -0.39 is 0 Å². The highest BCUT2D eigenvalue weighted by molar-refractivity contribution is 5.79. The molecule has 82 valence electrons. The number of rotatable bonds is 3. The van der Waals surface area contributed by atoms with Gasteiger partial charge in [0.05, 0.1) is 6.54 Å². The highest BCUT2D eigenvalue weighted by Gasteiger charge is 2.22. The van der Waals surface area contributed by atoms with Crippen molar-refractivity contribution >= 4 is 5.91 Å². The molecule has 0 aromatic rings. The van der Waals surface area contributed by atoms with Gasteiger partial charge in [0.15, 0.2) is 0 Å². The van der Waals surface area contributed by atoms with Crippen LogP contribution in [-0.4, -0.2) is 42.0 Å². The van der Waals surface area contributed by atoms with Crippen molar-refractivity contribution in [3.63, 3.8) is 0 Å². The van der Waals surface area contributed by atoms with E-state index >= 15 is 0 Å². The second-order valence-electron chi connectivity index (χ2n) is 4.94. The topological polar surface area (TPSA) is 58.4 Å². The number of hydrogen-bond donors (Lipinski definition) is 2. The lowest BCUT2D eigenvalue weighted by Gasteiger charge is -2.32. The minimum atomic E-state index is -0.142.